The average molecular weight is 429 g/mol. The van der Waals surface area contributed by atoms with Gasteiger partial charge in [-0.2, -0.15) is 0 Å². The number of rotatable bonds is 7. The predicted molar refractivity (Wildman–Crippen MR) is 112 cm³/mol. The van der Waals surface area contributed by atoms with E-state index in [2.05, 4.69) is 14.7 Å². The Bertz CT molecular complexity index is 1100. The Hall–Kier alpha value is -2.62. The number of hydrogen-bond acceptors (Lipinski definition) is 6. The number of nitrogens with one attached hydrogen (secondary N) is 1. The van der Waals surface area contributed by atoms with Crippen molar-refractivity contribution >= 4 is 33.0 Å². The van der Waals surface area contributed by atoms with Gasteiger partial charge >= 0.3 is 0 Å². The van der Waals surface area contributed by atoms with Crippen LogP contribution in [0.1, 0.15) is 18.5 Å². The van der Waals surface area contributed by atoms with Gasteiger partial charge in [-0.3, -0.25) is 9.78 Å². The third kappa shape index (κ3) is 4.52. The van der Waals surface area contributed by atoms with Gasteiger partial charge in [0.15, 0.2) is 0 Å². The molecule has 1 fully saturated rings. The van der Waals surface area contributed by atoms with Crippen LogP contribution in [-0.2, 0) is 21.2 Å². The van der Waals surface area contributed by atoms with Crippen LogP contribution in [0.15, 0.2) is 59.1 Å². The van der Waals surface area contributed by atoms with Gasteiger partial charge in [-0.25, -0.2) is 18.1 Å². The summed E-state index contributed by atoms with van der Waals surface area (Å²) < 4.78 is 27.7. The molecule has 0 bridgehead atoms. The second-order valence-corrected chi connectivity index (χ2v) is 9.30. The third-order valence-electron chi connectivity index (χ3n) is 4.68. The summed E-state index contributed by atoms with van der Waals surface area (Å²) in [5.74, 6) is 0.0770. The molecule has 0 saturated carbocycles. The zero-order chi connectivity index (χ0) is 20.3. The Labute approximate surface area is 173 Å². The highest BCUT2D eigenvalue weighted by Crippen LogP contribution is 2.24. The molecule has 1 saturated heterocycles. The van der Waals surface area contributed by atoms with Crippen LogP contribution in [0.2, 0.25) is 0 Å². The Morgan fingerprint density at radius 2 is 1.86 bits per heavy atom. The lowest BCUT2D eigenvalue weighted by Crippen LogP contribution is -2.26. The van der Waals surface area contributed by atoms with E-state index < -0.39 is 10.0 Å². The van der Waals surface area contributed by atoms with Crippen LogP contribution >= 0.6 is 11.3 Å². The Kier molecular flexibility index (Phi) is 5.70. The number of aromatic nitrogens is 2. The number of carbonyl (C=O) groups is 1. The molecular weight excluding hydrogens is 408 g/mol. The van der Waals surface area contributed by atoms with Crippen molar-refractivity contribution in [2.45, 2.75) is 24.2 Å². The topological polar surface area (TPSA) is 92.3 Å². The zero-order valence-electron chi connectivity index (χ0n) is 15.6. The lowest BCUT2D eigenvalue weighted by molar-refractivity contribution is -0.117. The van der Waals surface area contributed by atoms with E-state index in [1.165, 1.54) is 23.5 Å². The normalized spacial score (nSPS) is 14.5. The molecule has 150 valence electrons. The minimum absolute atomic E-state index is 0.0770. The minimum Gasteiger partial charge on any atom is -0.312 e. The number of sulfonamides is 1. The van der Waals surface area contributed by atoms with Gasteiger partial charge in [-0.05, 0) is 42.8 Å². The molecule has 0 aliphatic carbocycles. The molecule has 0 radical (unpaired) electrons. The SMILES string of the molecule is O=C1CCCN1c1ccc(S(=O)(=O)NCCc2csc(-c3ccncc3)n2)cc1. The van der Waals surface area contributed by atoms with Gasteiger partial charge in [0, 0.05) is 55.0 Å². The Morgan fingerprint density at radius 3 is 2.55 bits per heavy atom. The fourth-order valence-electron chi connectivity index (χ4n) is 3.17. The van der Waals surface area contributed by atoms with E-state index in [1.807, 2.05) is 17.5 Å². The summed E-state index contributed by atoms with van der Waals surface area (Å²) in [6, 6.07) is 10.2. The van der Waals surface area contributed by atoms with Gasteiger partial charge in [0.25, 0.3) is 0 Å². The van der Waals surface area contributed by atoms with Crippen LogP contribution in [0.4, 0.5) is 5.69 Å². The fourth-order valence-corrected chi connectivity index (χ4v) is 5.06. The molecule has 1 amide bonds. The van der Waals surface area contributed by atoms with Crippen molar-refractivity contribution in [2.24, 2.45) is 0 Å². The first-order chi connectivity index (χ1) is 14.0. The standard InChI is InChI=1S/C20H20N4O3S2/c25-19-2-1-13-24(19)17-3-5-18(6-4-17)29(26,27)22-12-9-16-14-28-20(23-16)15-7-10-21-11-8-15/h3-8,10-11,14,22H,1-2,9,12-13H2. The van der Waals surface area contributed by atoms with Gasteiger partial charge in [0.05, 0.1) is 10.6 Å². The van der Waals surface area contributed by atoms with E-state index in [1.54, 1.807) is 29.4 Å². The first kappa shape index (κ1) is 19.7. The molecule has 0 spiro atoms. The van der Waals surface area contributed by atoms with Gasteiger partial charge < -0.3 is 4.90 Å². The molecule has 4 rings (SSSR count). The fraction of sp³-hybridized carbons (Fsp3) is 0.250. The van der Waals surface area contributed by atoms with Crippen molar-refractivity contribution < 1.29 is 13.2 Å². The maximum Gasteiger partial charge on any atom is 0.240 e. The van der Waals surface area contributed by atoms with E-state index in [4.69, 9.17) is 0 Å². The molecule has 2 aromatic heterocycles. The van der Waals surface area contributed by atoms with Crippen LogP contribution in [-0.4, -0.2) is 37.4 Å². The molecular formula is C20H20N4O3S2. The highest BCUT2D eigenvalue weighted by Gasteiger charge is 2.22. The Balaban J connectivity index is 1.36. The van der Waals surface area contributed by atoms with Gasteiger partial charge in [-0.15, -0.1) is 11.3 Å². The maximum atomic E-state index is 12.5. The molecule has 1 N–H and O–H groups in total. The second-order valence-electron chi connectivity index (χ2n) is 6.67. The molecule has 1 aliphatic rings. The second kappa shape index (κ2) is 8.40. The number of hydrogen-bond donors (Lipinski definition) is 1. The van der Waals surface area contributed by atoms with E-state index in [0.29, 0.717) is 19.4 Å². The van der Waals surface area contributed by atoms with Crippen molar-refractivity contribution in [3.8, 4) is 10.6 Å². The first-order valence-corrected chi connectivity index (χ1v) is 11.6. The summed E-state index contributed by atoms with van der Waals surface area (Å²) in [5.41, 5.74) is 2.57. The molecule has 3 aromatic rings. The van der Waals surface area contributed by atoms with Crippen LogP contribution in [0.25, 0.3) is 10.6 Å². The largest absolute Gasteiger partial charge is 0.312 e. The van der Waals surface area contributed by atoms with E-state index in [-0.39, 0.29) is 17.3 Å². The maximum absolute atomic E-state index is 12.5. The number of pyridine rings is 1. The highest BCUT2D eigenvalue weighted by atomic mass is 32.2. The van der Waals surface area contributed by atoms with Gasteiger partial charge in [0.1, 0.15) is 5.01 Å². The summed E-state index contributed by atoms with van der Waals surface area (Å²) >= 11 is 1.52. The van der Waals surface area contributed by atoms with Crippen LogP contribution in [0, 0.1) is 0 Å². The van der Waals surface area contributed by atoms with Crippen molar-refractivity contribution in [1.29, 1.82) is 0 Å². The van der Waals surface area contributed by atoms with E-state index in [0.717, 1.165) is 28.4 Å². The minimum atomic E-state index is -3.62. The van der Waals surface area contributed by atoms with Crippen molar-refractivity contribution in [3.05, 3.63) is 59.9 Å². The van der Waals surface area contributed by atoms with Crippen LogP contribution in [0.5, 0.6) is 0 Å². The summed E-state index contributed by atoms with van der Waals surface area (Å²) in [4.78, 5) is 22.2. The molecule has 0 atom stereocenters. The number of nitrogens with zero attached hydrogens (tertiary/aromatic N) is 3. The summed E-state index contributed by atoms with van der Waals surface area (Å²) in [5, 5.41) is 2.82. The molecule has 29 heavy (non-hydrogen) atoms. The number of benzene rings is 1. The predicted octanol–water partition coefficient (Wildman–Crippen LogP) is 2.85. The number of carbonyl (C=O) groups excluding carboxylic acids is 1. The zero-order valence-corrected chi connectivity index (χ0v) is 17.2. The monoisotopic (exact) mass is 428 g/mol. The highest BCUT2D eigenvalue weighted by molar-refractivity contribution is 7.89. The van der Waals surface area contributed by atoms with Gasteiger partial charge in [0.2, 0.25) is 15.9 Å². The summed E-state index contributed by atoms with van der Waals surface area (Å²) in [6.45, 7) is 0.937. The van der Waals surface area contributed by atoms with Gasteiger partial charge in [-0.1, -0.05) is 0 Å². The number of anilines is 1. The molecule has 9 heteroatoms. The van der Waals surface area contributed by atoms with Crippen molar-refractivity contribution in [3.63, 3.8) is 0 Å². The number of amides is 1. The Morgan fingerprint density at radius 1 is 1.10 bits per heavy atom. The van der Waals surface area contributed by atoms with Crippen molar-refractivity contribution in [2.75, 3.05) is 18.0 Å². The van der Waals surface area contributed by atoms with Crippen LogP contribution in [0.3, 0.4) is 0 Å². The smallest absolute Gasteiger partial charge is 0.240 e. The molecule has 1 aromatic carbocycles. The van der Waals surface area contributed by atoms with Crippen molar-refractivity contribution in [1.82, 2.24) is 14.7 Å². The third-order valence-corrected chi connectivity index (χ3v) is 7.10. The molecule has 3 heterocycles. The number of thiazole rings is 1. The van der Waals surface area contributed by atoms with E-state index in [9.17, 15) is 13.2 Å². The molecule has 0 unspecified atom stereocenters. The lowest BCUT2D eigenvalue weighted by atomic mass is 10.3. The summed E-state index contributed by atoms with van der Waals surface area (Å²) in [7, 11) is -3.62. The first-order valence-electron chi connectivity index (χ1n) is 9.28. The average Bonchev–Trinajstić information content (AvgIpc) is 3.38. The quantitative estimate of drug-likeness (QED) is 0.625. The molecule has 7 nitrogen and oxygen atoms in total. The van der Waals surface area contributed by atoms with E-state index >= 15 is 0 Å². The lowest BCUT2D eigenvalue weighted by Gasteiger charge is -2.16. The summed E-state index contributed by atoms with van der Waals surface area (Å²) in [6.07, 6.45) is 5.31. The molecule has 1 aliphatic heterocycles. The van der Waals surface area contributed by atoms with Crippen LogP contribution < -0.4 is 9.62 Å².